The highest BCUT2D eigenvalue weighted by Crippen LogP contribution is 2.32. The first kappa shape index (κ1) is 23.4. The molecule has 0 saturated heterocycles. The third-order valence-corrected chi connectivity index (χ3v) is 5.35. The van der Waals surface area contributed by atoms with Gasteiger partial charge >= 0.3 is 0 Å². The second-order valence-corrected chi connectivity index (χ2v) is 7.54. The molecule has 2 aromatic carbocycles. The van der Waals surface area contributed by atoms with Crippen LogP contribution in [0.3, 0.4) is 0 Å². The van der Waals surface area contributed by atoms with E-state index >= 15 is 0 Å². The number of nitrogens with two attached hydrogens (primary N) is 2. The van der Waals surface area contributed by atoms with Gasteiger partial charge in [-0.3, -0.25) is 9.69 Å². The Morgan fingerprint density at radius 1 is 1.11 bits per heavy atom. The van der Waals surface area contributed by atoms with Gasteiger partial charge in [0.15, 0.2) is 5.82 Å². The standard InChI is InChI=1S/C22H14ClF2N9O/c1-2-33(19-13(9-27)18(28)31-21(29)32-19)22-30-17-15(25)4-3-14(23)16(17)20(35)34(22)12-6-10(8-26)5-11(24)7-12/h3-7H,2H2,1H3,(H4,28,29,31,32). The van der Waals surface area contributed by atoms with E-state index in [2.05, 4.69) is 15.0 Å². The van der Waals surface area contributed by atoms with Crippen molar-refractivity contribution in [1.29, 1.82) is 10.5 Å². The van der Waals surface area contributed by atoms with E-state index in [1.54, 1.807) is 6.92 Å². The lowest BCUT2D eigenvalue weighted by molar-refractivity contribution is 0.625. The van der Waals surface area contributed by atoms with E-state index in [9.17, 15) is 24.1 Å². The van der Waals surface area contributed by atoms with Crippen LogP contribution in [0, 0.1) is 34.3 Å². The van der Waals surface area contributed by atoms with Crippen molar-refractivity contribution in [2.75, 3.05) is 22.9 Å². The quantitative estimate of drug-likeness (QED) is 0.434. The van der Waals surface area contributed by atoms with E-state index in [4.69, 9.17) is 23.1 Å². The minimum atomic E-state index is -0.851. The summed E-state index contributed by atoms with van der Waals surface area (Å²) >= 11 is 6.20. The fourth-order valence-electron chi connectivity index (χ4n) is 3.56. The van der Waals surface area contributed by atoms with Gasteiger partial charge in [-0.25, -0.2) is 18.3 Å². The monoisotopic (exact) mass is 493 g/mol. The lowest BCUT2D eigenvalue weighted by atomic mass is 10.2. The molecular formula is C22H14ClF2N9O. The van der Waals surface area contributed by atoms with E-state index in [1.165, 1.54) is 17.0 Å². The molecule has 174 valence electrons. The van der Waals surface area contributed by atoms with Gasteiger partial charge in [0.1, 0.15) is 34.6 Å². The zero-order valence-corrected chi connectivity index (χ0v) is 18.7. The van der Waals surface area contributed by atoms with Crippen LogP contribution in [0.2, 0.25) is 5.02 Å². The third-order valence-electron chi connectivity index (χ3n) is 5.04. The number of anilines is 4. The second-order valence-electron chi connectivity index (χ2n) is 7.14. The predicted molar refractivity (Wildman–Crippen MR) is 125 cm³/mol. The summed E-state index contributed by atoms with van der Waals surface area (Å²) in [6.45, 7) is 1.67. The van der Waals surface area contributed by atoms with E-state index in [0.29, 0.717) is 0 Å². The first-order valence-electron chi connectivity index (χ1n) is 9.92. The second kappa shape index (κ2) is 8.85. The topological polar surface area (TPSA) is 164 Å². The average Bonchev–Trinajstić information content (AvgIpc) is 2.81. The highest BCUT2D eigenvalue weighted by molar-refractivity contribution is 6.35. The molecule has 0 aliphatic rings. The van der Waals surface area contributed by atoms with Crippen molar-refractivity contribution in [3.8, 4) is 17.8 Å². The summed E-state index contributed by atoms with van der Waals surface area (Å²) in [5.41, 5.74) is 10.0. The molecule has 0 bridgehead atoms. The summed E-state index contributed by atoms with van der Waals surface area (Å²) in [5, 5.41) is 18.6. The van der Waals surface area contributed by atoms with Crippen LogP contribution >= 0.6 is 11.6 Å². The molecule has 0 radical (unpaired) electrons. The molecule has 4 aromatic rings. The van der Waals surface area contributed by atoms with E-state index < -0.39 is 17.2 Å². The molecule has 4 rings (SSSR count). The van der Waals surface area contributed by atoms with Gasteiger partial charge in [0.25, 0.3) is 5.56 Å². The normalized spacial score (nSPS) is 10.7. The Kier molecular flexibility index (Phi) is 5.91. The van der Waals surface area contributed by atoms with E-state index in [1.807, 2.05) is 12.1 Å². The van der Waals surface area contributed by atoms with Crippen LogP contribution < -0.4 is 21.9 Å². The average molecular weight is 494 g/mol. The van der Waals surface area contributed by atoms with Crippen LogP contribution in [0.5, 0.6) is 0 Å². The first-order chi connectivity index (χ1) is 16.7. The summed E-state index contributed by atoms with van der Waals surface area (Å²) in [5.74, 6) is -2.51. The largest absolute Gasteiger partial charge is 0.382 e. The van der Waals surface area contributed by atoms with Gasteiger partial charge in [0.05, 0.1) is 27.7 Å². The smallest absolute Gasteiger partial charge is 0.269 e. The minimum absolute atomic E-state index is 0.0329. The lowest BCUT2D eigenvalue weighted by Crippen LogP contribution is -2.31. The summed E-state index contributed by atoms with van der Waals surface area (Å²) in [6, 6.07) is 9.13. The van der Waals surface area contributed by atoms with Crippen LogP contribution in [0.4, 0.5) is 32.3 Å². The van der Waals surface area contributed by atoms with Gasteiger partial charge in [-0.15, -0.1) is 0 Å². The molecule has 0 atom stereocenters. The van der Waals surface area contributed by atoms with Gasteiger partial charge in [0.2, 0.25) is 11.9 Å². The fourth-order valence-corrected chi connectivity index (χ4v) is 3.79. The number of hydrogen-bond donors (Lipinski definition) is 2. The Morgan fingerprint density at radius 2 is 1.86 bits per heavy atom. The van der Waals surface area contributed by atoms with E-state index in [0.717, 1.165) is 22.8 Å². The molecule has 35 heavy (non-hydrogen) atoms. The molecule has 0 saturated carbocycles. The summed E-state index contributed by atoms with van der Waals surface area (Å²) in [4.78, 5) is 27.1. The number of halogens is 3. The van der Waals surface area contributed by atoms with Crippen LogP contribution in [0.25, 0.3) is 16.6 Å². The Bertz CT molecular complexity index is 1660. The maximum Gasteiger partial charge on any atom is 0.269 e. The Labute approximate surface area is 201 Å². The Morgan fingerprint density at radius 3 is 2.51 bits per heavy atom. The number of hydrogen-bond acceptors (Lipinski definition) is 9. The SMILES string of the molecule is CCN(c1nc(N)nc(N)c1C#N)c1nc2c(F)ccc(Cl)c2c(=O)n1-c1cc(F)cc(C#N)c1. The number of aromatic nitrogens is 4. The number of benzene rings is 2. The number of nitrogen functional groups attached to an aromatic ring is 2. The van der Waals surface area contributed by atoms with Gasteiger partial charge in [-0.2, -0.15) is 20.5 Å². The summed E-state index contributed by atoms with van der Waals surface area (Å²) in [7, 11) is 0. The molecule has 10 nitrogen and oxygen atoms in total. The van der Waals surface area contributed by atoms with Crippen molar-refractivity contribution in [3.63, 3.8) is 0 Å². The maximum absolute atomic E-state index is 14.8. The molecule has 13 heteroatoms. The Hall–Kier alpha value is -4.81. The highest BCUT2D eigenvalue weighted by Gasteiger charge is 2.26. The molecular weight excluding hydrogens is 480 g/mol. The minimum Gasteiger partial charge on any atom is -0.382 e. The van der Waals surface area contributed by atoms with Crippen LogP contribution in [-0.4, -0.2) is 26.1 Å². The van der Waals surface area contributed by atoms with Crippen LogP contribution in [0.15, 0.2) is 35.1 Å². The molecule has 2 aromatic heterocycles. The third kappa shape index (κ3) is 3.92. The van der Waals surface area contributed by atoms with Crippen molar-refractivity contribution in [1.82, 2.24) is 19.5 Å². The van der Waals surface area contributed by atoms with Crippen molar-refractivity contribution in [3.05, 3.63) is 68.5 Å². The molecule has 0 fully saturated rings. The van der Waals surface area contributed by atoms with Crippen LogP contribution in [0.1, 0.15) is 18.1 Å². The zero-order chi connectivity index (χ0) is 25.4. The number of rotatable bonds is 4. The van der Waals surface area contributed by atoms with Gasteiger partial charge in [-0.1, -0.05) is 11.6 Å². The predicted octanol–water partition coefficient (Wildman–Crippen LogP) is 3.17. The molecule has 0 unspecified atom stereocenters. The summed E-state index contributed by atoms with van der Waals surface area (Å²) in [6.07, 6.45) is 0. The number of fused-ring (bicyclic) bond motifs is 1. The van der Waals surface area contributed by atoms with Crippen molar-refractivity contribution in [2.24, 2.45) is 0 Å². The van der Waals surface area contributed by atoms with E-state index in [-0.39, 0.29) is 62.8 Å². The van der Waals surface area contributed by atoms with Crippen molar-refractivity contribution in [2.45, 2.75) is 6.92 Å². The molecule has 2 heterocycles. The van der Waals surface area contributed by atoms with Crippen molar-refractivity contribution >= 4 is 46.0 Å². The fraction of sp³-hybridized carbons (Fsp3) is 0.0909. The molecule has 0 aliphatic carbocycles. The molecule has 0 spiro atoms. The molecule has 0 amide bonds. The number of nitrogens with zero attached hydrogens (tertiary/aromatic N) is 7. The van der Waals surface area contributed by atoms with Gasteiger partial charge < -0.3 is 11.5 Å². The van der Waals surface area contributed by atoms with Gasteiger partial charge in [-0.05, 0) is 37.3 Å². The summed E-state index contributed by atoms with van der Waals surface area (Å²) < 4.78 is 30.1. The van der Waals surface area contributed by atoms with Crippen LogP contribution in [-0.2, 0) is 0 Å². The van der Waals surface area contributed by atoms with Crippen molar-refractivity contribution < 1.29 is 8.78 Å². The Balaban J connectivity index is 2.20. The van der Waals surface area contributed by atoms with Gasteiger partial charge in [0, 0.05) is 6.54 Å². The molecule has 4 N–H and O–H groups in total. The first-order valence-corrected chi connectivity index (χ1v) is 10.3. The maximum atomic E-state index is 14.8. The molecule has 0 aliphatic heterocycles. The zero-order valence-electron chi connectivity index (χ0n) is 17.9. The number of nitriles is 2. The lowest BCUT2D eigenvalue weighted by Gasteiger charge is -2.26. The highest BCUT2D eigenvalue weighted by atomic mass is 35.5.